The summed E-state index contributed by atoms with van der Waals surface area (Å²) in [6.07, 6.45) is 6.58. The Bertz CT molecular complexity index is 310. The van der Waals surface area contributed by atoms with Gasteiger partial charge in [0.2, 0.25) is 5.91 Å². The molecule has 17 heavy (non-hydrogen) atoms. The molecule has 0 saturated heterocycles. The summed E-state index contributed by atoms with van der Waals surface area (Å²) in [5.74, 6) is -0.938. The van der Waals surface area contributed by atoms with E-state index < -0.39 is 5.97 Å². The van der Waals surface area contributed by atoms with E-state index >= 15 is 0 Å². The van der Waals surface area contributed by atoms with Crippen molar-refractivity contribution in [2.24, 2.45) is 11.8 Å². The number of amides is 1. The Morgan fingerprint density at radius 2 is 1.65 bits per heavy atom. The fourth-order valence-electron chi connectivity index (χ4n) is 3.19. The number of carboxylic acid groups (broad SMARTS) is 1. The van der Waals surface area contributed by atoms with E-state index in [4.69, 9.17) is 5.11 Å². The lowest BCUT2D eigenvalue weighted by atomic mass is 10.0. The Kier molecular flexibility index (Phi) is 3.69. The lowest BCUT2D eigenvalue weighted by Crippen LogP contribution is -2.38. The van der Waals surface area contributed by atoms with Crippen LogP contribution in [-0.2, 0) is 9.59 Å². The molecule has 0 aromatic rings. The lowest BCUT2D eigenvalue weighted by Gasteiger charge is -2.27. The van der Waals surface area contributed by atoms with Gasteiger partial charge in [-0.1, -0.05) is 12.8 Å². The smallest absolute Gasteiger partial charge is 0.306 e. The van der Waals surface area contributed by atoms with Crippen molar-refractivity contribution in [3.8, 4) is 0 Å². The Labute approximate surface area is 102 Å². The molecule has 0 unspecified atom stereocenters. The van der Waals surface area contributed by atoms with Gasteiger partial charge < -0.3 is 10.0 Å². The van der Waals surface area contributed by atoms with Gasteiger partial charge in [-0.2, -0.15) is 0 Å². The molecule has 96 valence electrons. The highest BCUT2D eigenvalue weighted by atomic mass is 16.4. The average Bonchev–Trinajstić information content (AvgIpc) is 2.97. The molecule has 0 radical (unpaired) electrons. The van der Waals surface area contributed by atoms with Crippen molar-refractivity contribution in [2.45, 2.75) is 51.0 Å². The molecule has 4 nitrogen and oxygen atoms in total. The van der Waals surface area contributed by atoms with Crippen LogP contribution in [0.25, 0.3) is 0 Å². The molecule has 0 aliphatic heterocycles. The molecule has 2 fully saturated rings. The molecule has 0 aromatic carbocycles. The van der Waals surface area contributed by atoms with Crippen LogP contribution in [0.1, 0.15) is 44.9 Å². The minimum Gasteiger partial charge on any atom is -0.481 e. The molecule has 0 heterocycles. The van der Waals surface area contributed by atoms with Gasteiger partial charge in [0.15, 0.2) is 0 Å². The molecular weight excluding hydrogens is 218 g/mol. The maximum atomic E-state index is 12.2. The molecule has 0 aromatic heterocycles. The summed E-state index contributed by atoms with van der Waals surface area (Å²) in [5.41, 5.74) is 0. The van der Waals surface area contributed by atoms with Gasteiger partial charge in [0.1, 0.15) is 0 Å². The van der Waals surface area contributed by atoms with Crippen molar-refractivity contribution >= 4 is 11.9 Å². The van der Waals surface area contributed by atoms with Gasteiger partial charge in [-0.25, -0.2) is 0 Å². The highest BCUT2D eigenvalue weighted by Gasteiger charge is 2.36. The van der Waals surface area contributed by atoms with E-state index in [-0.39, 0.29) is 17.7 Å². The third kappa shape index (κ3) is 2.61. The van der Waals surface area contributed by atoms with Gasteiger partial charge in [0, 0.05) is 19.0 Å². The third-order valence-corrected chi connectivity index (χ3v) is 4.35. The first kappa shape index (κ1) is 12.4. The Morgan fingerprint density at radius 3 is 2.18 bits per heavy atom. The molecule has 2 atom stereocenters. The van der Waals surface area contributed by atoms with Crippen molar-refractivity contribution in [3.05, 3.63) is 0 Å². The van der Waals surface area contributed by atoms with Crippen LogP contribution in [0.3, 0.4) is 0 Å². The summed E-state index contributed by atoms with van der Waals surface area (Å²) in [6, 6.07) is 0.395. The zero-order chi connectivity index (χ0) is 12.4. The van der Waals surface area contributed by atoms with Crippen molar-refractivity contribution in [1.29, 1.82) is 0 Å². The standard InChI is InChI=1S/C13H21NO3/c1-14(11-4-2-3-5-11)12(15)9-6-7-10(8-9)13(16)17/h9-11H,2-8H2,1H3,(H,16,17)/t9-,10+/m1/s1. The molecule has 4 heteroatoms. The fourth-order valence-corrected chi connectivity index (χ4v) is 3.19. The quantitative estimate of drug-likeness (QED) is 0.818. The number of carbonyl (C=O) groups is 2. The van der Waals surface area contributed by atoms with Crippen LogP contribution in [-0.4, -0.2) is 35.0 Å². The number of aliphatic carboxylic acids is 1. The van der Waals surface area contributed by atoms with E-state index in [1.54, 1.807) is 0 Å². The zero-order valence-corrected chi connectivity index (χ0v) is 10.4. The van der Waals surface area contributed by atoms with Gasteiger partial charge in [0.25, 0.3) is 0 Å². The minimum atomic E-state index is -0.746. The predicted molar refractivity (Wildman–Crippen MR) is 63.5 cm³/mol. The van der Waals surface area contributed by atoms with Crippen LogP contribution in [0.4, 0.5) is 0 Å². The van der Waals surface area contributed by atoms with E-state index in [0.717, 1.165) is 19.3 Å². The molecule has 2 rings (SSSR count). The van der Waals surface area contributed by atoms with Crippen LogP contribution < -0.4 is 0 Å². The Morgan fingerprint density at radius 1 is 1.06 bits per heavy atom. The topological polar surface area (TPSA) is 57.6 Å². The summed E-state index contributed by atoms with van der Waals surface area (Å²) in [6.45, 7) is 0. The predicted octanol–water partition coefficient (Wildman–Crippen LogP) is 1.89. The van der Waals surface area contributed by atoms with Gasteiger partial charge >= 0.3 is 5.97 Å². The van der Waals surface area contributed by atoms with Gasteiger partial charge in [-0.05, 0) is 32.1 Å². The second kappa shape index (κ2) is 5.07. The van der Waals surface area contributed by atoms with Crippen molar-refractivity contribution in [3.63, 3.8) is 0 Å². The average molecular weight is 239 g/mol. The maximum Gasteiger partial charge on any atom is 0.306 e. The number of carboxylic acids is 1. The molecule has 1 amide bonds. The van der Waals surface area contributed by atoms with E-state index in [1.807, 2.05) is 11.9 Å². The number of hydrogen-bond acceptors (Lipinski definition) is 2. The largest absolute Gasteiger partial charge is 0.481 e. The van der Waals surface area contributed by atoms with E-state index in [0.29, 0.717) is 18.9 Å². The first-order valence-electron chi connectivity index (χ1n) is 6.59. The molecule has 0 spiro atoms. The molecular formula is C13H21NO3. The third-order valence-electron chi connectivity index (χ3n) is 4.35. The molecule has 2 aliphatic carbocycles. The summed E-state index contributed by atoms with van der Waals surface area (Å²) in [5, 5.41) is 8.94. The zero-order valence-electron chi connectivity index (χ0n) is 10.4. The SMILES string of the molecule is CN(C(=O)[C@@H]1CC[C@H](C(=O)O)C1)C1CCCC1. The summed E-state index contributed by atoms with van der Waals surface area (Å²) in [4.78, 5) is 25.0. The Balaban J connectivity index is 1.89. The number of nitrogens with zero attached hydrogens (tertiary/aromatic N) is 1. The first-order valence-corrected chi connectivity index (χ1v) is 6.59. The molecule has 0 bridgehead atoms. The van der Waals surface area contributed by atoms with Crippen molar-refractivity contribution in [2.75, 3.05) is 7.05 Å². The van der Waals surface area contributed by atoms with Crippen LogP contribution in [0.5, 0.6) is 0 Å². The van der Waals surface area contributed by atoms with Crippen molar-refractivity contribution in [1.82, 2.24) is 4.90 Å². The van der Waals surface area contributed by atoms with E-state index in [9.17, 15) is 9.59 Å². The summed E-state index contributed by atoms with van der Waals surface area (Å²) in [7, 11) is 1.88. The number of carbonyl (C=O) groups excluding carboxylic acids is 1. The van der Waals surface area contributed by atoms with Gasteiger partial charge in [-0.3, -0.25) is 9.59 Å². The normalized spacial score (nSPS) is 29.5. The van der Waals surface area contributed by atoms with Crippen LogP contribution >= 0.6 is 0 Å². The van der Waals surface area contributed by atoms with Gasteiger partial charge in [-0.15, -0.1) is 0 Å². The number of hydrogen-bond donors (Lipinski definition) is 1. The highest BCUT2D eigenvalue weighted by Crippen LogP contribution is 2.33. The molecule has 2 aliphatic rings. The van der Waals surface area contributed by atoms with Gasteiger partial charge in [0.05, 0.1) is 5.92 Å². The van der Waals surface area contributed by atoms with Crippen molar-refractivity contribution < 1.29 is 14.7 Å². The second-order valence-corrected chi connectivity index (χ2v) is 5.43. The highest BCUT2D eigenvalue weighted by molar-refractivity contribution is 5.81. The minimum absolute atomic E-state index is 0.0540. The van der Waals surface area contributed by atoms with E-state index in [1.165, 1.54) is 12.8 Å². The van der Waals surface area contributed by atoms with Crippen LogP contribution in [0, 0.1) is 11.8 Å². The van der Waals surface area contributed by atoms with E-state index in [2.05, 4.69) is 0 Å². The maximum absolute atomic E-state index is 12.2. The summed E-state index contributed by atoms with van der Waals surface area (Å²) < 4.78 is 0. The lowest BCUT2D eigenvalue weighted by molar-refractivity contribution is -0.141. The fraction of sp³-hybridized carbons (Fsp3) is 0.846. The molecule has 2 saturated carbocycles. The monoisotopic (exact) mass is 239 g/mol. The molecule has 1 N–H and O–H groups in total. The van der Waals surface area contributed by atoms with Crippen LogP contribution in [0.2, 0.25) is 0 Å². The van der Waals surface area contributed by atoms with Crippen LogP contribution in [0.15, 0.2) is 0 Å². The first-order chi connectivity index (χ1) is 8.09. The number of rotatable bonds is 3. The summed E-state index contributed by atoms with van der Waals surface area (Å²) >= 11 is 0. The Hall–Kier alpha value is -1.06. The second-order valence-electron chi connectivity index (χ2n) is 5.43.